The number of imidazole rings is 1. The summed E-state index contributed by atoms with van der Waals surface area (Å²) in [5, 5.41) is 0.868. The smallest absolute Gasteiger partial charge is 0.335 e. The Morgan fingerprint density at radius 1 is 1.17 bits per heavy atom. The van der Waals surface area contributed by atoms with Crippen molar-refractivity contribution < 1.29 is 26.4 Å². The van der Waals surface area contributed by atoms with Gasteiger partial charge in [0.2, 0.25) is 11.8 Å². The second-order valence-electron chi connectivity index (χ2n) is 5.99. The van der Waals surface area contributed by atoms with Crippen molar-refractivity contribution >= 4 is 37.5 Å². The third-order valence-electron chi connectivity index (χ3n) is 3.88. The lowest BCUT2D eigenvalue weighted by Crippen LogP contribution is -2.36. The van der Waals surface area contributed by atoms with Crippen LogP contribution in [0.2, 0.25) is 0 Å². The number of carbonyl (C=O) groups excluding carboxylic acids is 1. The first-order chi connectivity index (χ1) is 14.1. The number of rotatable bonds is 6. The fourth-order valence-corrected chi connectivity index (χ4v) is 5.19. The Morgan fingerprint density at radius 3 is 2.57 bits per heavy atom. The number of urea groups is 1. The standard InChI is InChI=1S/C16H18N6O6S2/c1-4-29(24,25)13-14(22-8-6-5-7-11(22)18-13)30(26,27)21-16(23)20-15-17-10(2)9-12(19-15)28-3/h5-9H,4H2,1-3H3,(H2,17,19,20,21,23). The van der Waals surface area contributed by atoms with Crippen LogP contribution in [-0.4, -0.2) is 55.1 Å². The third-order valence-corrected chi connectivity index (χ3v) is 6.99. The minimum Gasteiger partial charge on any atom is -0.481 e. The molecule has 0 aliphatic heterocycles. The van der Waals surface area contributed by atoms with Gasteiger partial charge in [-0.15, -0.1) is 0 Å². The fourth-order valence-electron chi connectivity index (χ4n) is 2.53. The molecule has 0 aliphatic rings. The molecule has 0 saturated heterocycles. The zero-order valence-electron chi connectivity index (χ0n) is 16.1. The number of carbonyl (C=O) groups is 1. The number of methoxy groups -OCH3 is 1. The molecule has 0 radical (unpaired) electrons. The van der Waals surface area contributed by atoms with Crippen molar-refractivity contribution in [3.05, 3.63) is 36.2 Å². The SMILES string of the molecule is CCS(=O)(=O)c1nc2ccccn2c1S(=O)(=O)NC(=O)Nc1nc(C)cc(OC)n1. The number of fused-ring (bicyclic) bond motifs is 1. The number of hydrogen-bond acceptors (Lipinski definition) is 9. The first-order valence-electron chi connectivity index (χ1n) is 8.50. The lowest BCUT2D eigenvalue weighted by atomic mass is 10.4. The van der Waals surface area contributed by atoms with E-state index in [9.17, 15) is 21.6 Å². The van der Waals surface area contributed by atoms with Crippen LogP contribution in [0, 0.1) is 6.92 Å². The minimum atomic E-state index is -4.64. The number of sulfone groups is 1. The average molecular weight is 454 g/mol. The summed E-state index contributed by atoms with van der Waals surface area (Å²) in [6.45, 7) is 2.99. The van der Waals surface area contributed by atoms with E-state index in [1.807, 2.05) is 0 Å². The number of pyridine rings is 1. The van der Waals surface area contributed by atoms with Crippen molar-refractivity contribution in [3.63, 3.8) is 0 Å². The van der Waals surface area contributed by atoms with Gasteiger partial charge >= 0.3 is 6.03 Å². The maximum Gasteiger partial charge on any atom is 0.335 e. The van der Waals surface area contributed by atoms with Crippen LogP contribution in [0.5, 0.6) is 5.88 Å². The van der Waals surface area contributed by atoms with E-state index in [4.69, 9.17) is 4.74 Å². The predicted molar refractivity (Wildman–Crippen MR) is 106 cm³/mol. The average Bonchev–Trinajstić information content (AvgIpc) is 3.08. The molecular weight excluding hydrogens is 436 g/mol. The molecule has 2 amide bonds. The monoisotopic (exact) mass is 454 g/mol. The van der Waals surface area contributed by atoms with Gasteiger partial charge in [-0.1, -0.05) is 13.0 Å². The predicted octanol–water partition coefficient (Wildman–Crippen LogP) is 0.745. The molecule has 0 fully saturated rings. The Morgan fingerprint density at radius 2 is 1.90 bits per heavy atom. The highest BCUT2D eigenvalue weighted by molar-refractivity contribution is 7.93. The van der Waals surface area contributed by atoms with Gasteiger partial charge in [0, 0.05) is 18.0 Å². The van der Waals surface area contributed by atoms with Crippen LogP contribution in [-0.2, 0) is 19.9 Å². The van der Waals surface area contributed by atoms with Gasteiger partial charge in [0.05, 0.1) is 12.9 Å². The minimum absolute atomic E-state index is 0.0945. The van der Waals surface area contributed by atoms with Crippen LogP contribution in [0.1, 0.15) is 12.6 Å². The van der Waals surface area contributed by atoms with Gasteiger partial charge in [0.15, 0.2) is 19.9 Å². The Bertz CT molecular complexity index is 1330. The molecule has 0 spiro atoms. The van der Waals surface area contributed by atoms with E-state index in [1.54, 1.807) is 17.7 Å². The van der Waals surface area contributed by atoms with Crippen molar-refractivity contribution in [2.24, 2.45) is 0 Å². The van der Waals surface area contributed by atoms with Crippen LogP contribution in [0.3, 0.4) is 0 Å². The largest absolute Gasteiger partial charge is 0.481 e. The molecule has 0 unspecified atom stereocenters. The van der Waals surface area contributed by atoms with Gasteiger partial charge in [-0.3, -0.25) is 9.72 Å². The Kier molecular flexibility index (Phi) is 5.63. The highest BCUT2D eigenvalue weighted by atomic mass is 32.2. The number of anilines is 1. The third kappa shape index (κ3) is 4.18. The van der Waals surface area contributed by atoms with Crippen LogP contribution < -0.4 is 14.8 Å². The summed E-state index contributed by atoms with van der Waals surface area (Å²) >= 11 is 0. The van der Waals surface area contributed by atoms with Gasteiger partial charge in [-0.2, -0.15) is 13.4 Å². The second-order valence-corrected chi connectivity index (χ2v) is 9.78. The first-order valence-corrected chi connectivity index (χ1v) is 11.6. The van der Waals surface area contributed by atoms with Gasteiger partial charge < -0.3 is 4.74 Å². The number of ether oxygens (including phenoxy) is 1. The molecule has 0 saturated carbocycles. The van der Waals surface area contributed by atoms with Gasteiger partial charge in [-0.25, -0.2) is 27.9 Å². The van der Waals surface area contributed by atoms with E-state index >= 15 is 0 Å². The van der Waals surface area contributed by atoms with Crippen molar-refractivity contribution in [2.45, 2.75) is 23.9 Å². The number of aryl methyl sites for hydroxylation is 1. The molecule has 0 aromatic carbocycles. The Hall–Kier alpha value is -3.26. The Labute approximate surface area is 172 Å². The van der Waals surface area contributed by atoms with Crippen molar-refractivity contribution in [3.8, 4) is 5.88 Å². The van der Waals surface area contributed by atoms with E-state index in [-0.39, 0.29) is 23.2 Å². The molecule has 30 heavy (non-hydrogen) atoms. The lowest BCUT2D eigenvalue weighted by molar-refractivity contribution is 0.256. The highest BCUT2D eigenvalue weighted by Gasteiger charge is 2.33. The summed E-state index contributed by atoms with van der Waals surface area (Å²) in [5.41, 5.74) is 0.565. The number of nitrogens with zero attached hydrogens (tertiary/aromatic N) is 4. The van der Waals surface area contributed by atoms with Gasteiger partial charge in [-0.05, 0) is 19.1 Å². The molecule has 0 aliphatic carbocycles. The van der Waals surface area contributed by atoms with Gasteiger partial charge in [0.25, 0.3) is 10.0 Å². The van der Waals surface area contributed by atoms with Crippen LogP contribution in [0.25, 0.3) is 5.65 Å². The maximum atomic E-state index is 12.9. The number of aromatic nitrogens is 4. The maximum absolute atomic E-state index is 12.9. The summed E-state index contributed by atoms with van der Waals surface area (Å²) in [4.78, 5) is 24.1. The van der Waals surface area contributed by atoms with E-state index < -0.39 is 35.9 Å². The van der Waals surface area contributed by atoms with E-state index in [2.05, 4.69) is 20.3 Å². The van der Waals surface area contributed by atoms with Crippen LogP contribution in [0.4, 0.5) is 10.7 Å². The second kappa shape index (κ2) is 7.87. The normalized spacial score (nSPS) is 12.0. The fraction of sp³-hybridized carbons (Fsp3) is 0.250. The van der Waals surface area contributed by atoms with Crippen LogP contribution in [0.15, 0.2) is 40.5 Å². The zero-order valence-corrected chi connectivity index (χ0v) is 17.8. The number of nitrogens with one attached hydrogen (secondary N) is 2. The van der Waals surface area contributed by atoms with Crippen molar-refractivity contribution in [1.82, 2.24) is 24.1 Å². The Balaban J connectivity index is 2.00. The van der Waals surface area contributed by atoms with E-state index in [1.165, 1.54) is 38.4 Å². The zero-order chi connectivity index (χ0) is 22.1. The van der Waals surface area contributed by atoms with Crippen molar-refractivity contribution in [2.75, 3.05) is 18.2 Å². The molecule has 14 heteroatoms. The topological polar surface area (TPSA) is 162 Å². The molecule has 12 nitrogen and oxygen atoms in total. The quantitative estimate of drug-likeness (QED) is 0.547. The molecule has 3 rings (SSSR count). The first kappa shape index (κ1) is 21.4. The summed E-state index contributed by atoms with van der Waals surface area (Å²) in [6, 6.07) is 4.85. The molecule has 0 atom stereocenters. The summed E-state index contributed by atoms with van der Waals surface area (Å²) in [5.74, 6) is -0.402. The molecular formula is C16H18N6O6S2. The summed E-state index contributed by atoms with van der Waals surface area (Å²) in [6.07, 6.45) is 1.33. The summed E-state index contributed by atoms with van der Waals surface area (Å²) < 4.78 is 58.5. The molecule has 3 heterocycles. The number of amides is 2. The van der Waals surface area contributed by atoms with Gasteiger partial charge in [0.1, 0.15) is 5.65 Å². The summed E-state index contributed by atoms with van der Waals surface area (Å²) in [7, 11) is -7.28. The number of sulfonamides is 1. The molecule has 0 bridgehead atoms. The lowest BCUT2D eigenvalue weighted by Gasteiger charge is -2.10. The molecule has 3 aromatic heterocycles. The van der Waals surface area contributed by atoms with E-state index in [0.717, 1.165) is 4.40 Å². The van der Waals surface area contributed by atoms with Crippen molar-refractivity contribution in [1.29, 1.82) is 0 Å². The number of hydrogen-bond donors (Lipinski definition) is 2. The van der Waals surface area contributed by atoms with E-state index in [0.29, 0.717) is 5.69 Å². The molecule has 160 valence electrons. The molecule has 3 aromatic rings. The molecule has 2 N–H and O–H groups in total. The van der Waals surface area contributed by atoms with Crippen LogP contribution >= 0.6 is 0 Å². The highest BCUT2D eigenvalue weighted by Crippen LogP contribution is 2.23.